The summed E-state index contributed by atoms with van der Waals surface area (Å²) in [6, 6.07) is -0.199. The van der Waals surface area contributed by atoms with Gasteiger partial charge in [-0.3, -0.25) is 10.00 Å². The number of aromatic nitrogens is 2. The van der Waals surface area contributed by atoms with Crippen molar-refractivity contribution < 1.29 is 9.53 Å². The predicted octanol–water partition coefficient (Wildman–Crippen LogP) is 1.03. The van der Waals surface area contributed by atoms with Crippen LogP contribution in [0, 0.1) is 0 Å². The first-order valence-corrected chi connectivity index (χ1v) is 7.05. The lowest BCUT2D eigenvalue weighted by atomic mass is 10.2. The van der Waals surface area contributed by atoms with Gasteiger partial charge in [-0.05, 0) is 20.3 Å². The van der Waals surface area contributed by atoms with Gasteiger partial charge in [-0.2, -0.15) is 5.10 Å². The molecule has 0 aliphatic carbocycles. The number of carbonyl (C=O) groups is 1. The number of rotatable bonds is 5. The molecule has 2 amide bonds. The molecule has 20 heavy (non-hydrogen) atoms. The number of ether oxygens (including phenoxy) is 1. The minimum Gasteiger partial charge on any atom is -0.373 e. The molecule has 1 aliphatic rings. The number of urea groups is 1. The zero-order valence-electron chi connectivity index (χ0n) is 12.1. The van der Waals surface area contributed by atoms with Crippen LogP contribution in [0.2, 0.25) is 0 Å². The van der Waals surface area contributed by atoms with Crippen molar-refractivity contribution in [3.63, 3.8) is 0 Å². The molecule has 7 heteroatoms. The van der Waals surface area contributed by atoms with E-state index >= 15 is 0 Å². The van der Waals surface area contributed by atoms with Gasteiger partial charge in [-0.25, -0.2) is 4.79 Å². The Balaban J connectivity index is 1.58. The number of nitrogens with one attached hydrogen (secondary N) is 3. The topological polar surface area (TPSA) is 82.3 Å². The lowest BCUT2D eigenvalue weighted by Gasteiger charge is -2.35. The Kier molecular flexibility index (Phi) is 5.37. The second-order valence-corrected chi connectivity index (χ2v) is 5.24. The molecule has 0 bridgehead atoms. The van der Waals surface area contributed by atoms with Crippen molar-refractivity contribution in [2.75, 3.05) is 31.5 Å². The molecule has 0 radical (unpaired) electrons. The molecule has 1 saturated heterocycles. The standard InChI is InChI=1S/C13H23N5O2/c1-10-8-18(9-11(2)20-10)5-3-4-14-13(19)17-12-6-15-16-7-12/h6-7,10-11H,3-5,8-9H2,1-2H3,(H,15,16)(H2,14,17,19)/t10-,11-/m1/s1. The van der Waals surface area contributed by atoms with Crippen molar-refractivity contribution in [1.82, 2.24) is 20.4 Å². The average molecular weight is 281 g/mol. The van der Waals surface area contributed by atoms with Crippen LogP contribution in [-0.2, 0) is 4.74 Å². The van der Waals surface area contributed by atoms with Gasteiger partial charge in [0.2, 0.25) is 0 Å². The summed E-state index contributed by atoms with van der Waals surface area (Å²) in [5, 5.41) is 11.9. The molecule has 2 rings (SSSR count). The Morgan fingerprint density at radius 2 is 2.25 bits per heavy atom. The van der Waals surface area contributed by atoms with Crippen molar-refractivity contribution in [2.24, 2.45) is 0 Å². The zero-order chi connectivity index (χ0) is 14.4. The van der Waals surface area contributed by atoms with Crippen molar-refractivity contribution in [1.29, 1.82) is 0 Å². The van der Waals surface area contributed by atoms with Gasteiger partial charge < -0.3 is 15.4 Å². The smallest absolute Gasteiger partial charge is 0.319 e. The molecule has 1 aromatic heterocycles. The largest absolute Gasteiger partial charge is 0.373 e. The van der Waals surface area contributed by atoms with Crippen LogP contribution in [0.5, 0.6) is 0 Å². The van der Waals surface area contributed by atoms with Crippen LogP contribution in [0.15, 0.2) is 12.4 Å². The summed E-state index contributed by atoms with van der Waals surface area (Å²) in [5.74, 6) is 0. The molecule has 1 fully saturated rings. The van der Waals surface area contributed by atoms with Gasteiger partial charge >= 0.3 is 6.03 Å². The summed E-state index contributed by atoms with van der Waals surface area (Å²) in [5.41, 5.74) is 0.665. The van der Waals surface area contributed by atoms with E-state index in [0.29, 0.717) is 12.2 Å². The van der Waals surface area contributed by atoms with Gasteiger partial charge in [-0.15, -0.1) is 0 Å². The molecule has 2 heterocycles. The second-order valence-electron chi connectivity index (χ2n) is 5.24. The zero-order valence-corrected chi connectivity index (χ0v) is 12.1. The Bertz CT molecular complexity index is 399. The molecular formula is C13H23N5O2. The van der Waals surface area contributed by atoms with Crippen LogP contribution < -0.4 is 10.6 Å². The number of hydrogen-bond donors (Lipinski definition) is 3. The van der Waals surface area contributed by atoms with E-state index in [-0.39, 0.29) is 18.2 Å². The maximum absolute atomic E-state index is 11.6. The van der Waals surface area contributed by atoms with E-state index in [4.69, 9.17) is 4.74 Å². The predicted molar refractivity (Wildman–Crippen MR) is 76.7 cm³/mol. The monoisotopic (exact) mass is 281 g/mol. The average Bonchev–Trinajstić information content (AvgIpc) is 2.86. The number of amides is 2. The number of morpholine rings is 1. The lowest BCUT2D eigenvalue weighted by molar-refractivity contribution is -0.0679. The molecule has 3 N–H and O–H groups in total. The van der Waals surface area contributed by atoms with Crippen LogP contribution in [0.25, 0.3) is 0 Å². The minimum absolute atomic E-state index is 0.199. The Morgan fingerprint density at radius 3 is 2.90 bits per heavy atom. The van der Waals surface area contributed by atoms with E-state index in [1.165, 1.54) is 0 Å². The van der Waals surface area contributed by atoms with Crippen LogP contribution in [-0.4, -0.2) is 59.5 Å². The van der Waals surface area contributed by atoms with Crippen molar-refractivity contribution in [3.8, 4) is 0 Å². The van der Waals surface area contributed by atoms with Crippen LogP contribution in [0.1, 0.15) is 20.3 Å². The maximum atomic E-state index is 11.6. The van der Waals surface area contributed by atoms with Gasteiger partial charge in [0.15, 0.2) is 0 Å². The number of H-pyrrole nitrogens is 1. The van der Waals surface area contributed by atoms with Crippen molar-refractivity contribution in [3.05, 3.63) is 12.4 Å². The van der Waals surface area contributed by atoms with Gasteiger partial charge in [0.1, 0.15) is 0 Å². The first kappa shape index (κ1) is 14.8. The molecular weight excluding hydrogens is 258 g/mol. The maximum Gasteiger partial charge on any atom is 0.319 e. The summed E-state index contributed by atoms with van der Waals surface area (Å²) in [6.45, 7) is 7.75. The number of hydrogen-bond acceptors (Lipinski definition) is 4. The van der Waals surface area contributed by atoms with E-state index in [0.717, 1.165) is 26.1 Å². The third kappa shape index (κ3) is 4.82. The van der Waals surface area contributed by atoms with Gasteiger partial charge in [0.25, 0.3) is 0 Å². The summed E-state index contributed by atoms with van der Waals surface area (Å²) in [4.78, 5) is 14.0. The van der Waals surface area contributed by atoms with Gasteiger partial charge in [0, 0.05) is 32.4 Å². The van der Waals surface area contributed by atoms with E-state index in [9.17, 15) is 4.79 Å². The molecule has 1 aromatic rings. The van der Waals surface area contributed by atoms with E-state index in [1.807, 2.05) is 0 Å². The quantitative estimate of drug-likeness (QED) is 0.704. The molecule has 112 valence electrons. The van der Waals surface area contributed by atoms with Crippen LogP contribution in [0.4, 0.5) is 10.5 Å². The molecule has 0 saturated carbocycles. The summed E-state index contributed by atoms with van der Waals surface area (Å²) < 4.78 is 5.69. The van der Waals surface area contributed by atoms with Crippen LogP contribution >= 0.6 is 0 Å². The second kappa shape index (κ2) is 7.25. The first-order chi connectivity index (χ1) is 9.63. The molecule has 0 spiro atoms. The Labute approximate surface area is 119 Å². The molecule has 2 atom stereocenters. The number of aromatic amines is 1. The number of nitrogens with zero attached hydrogens (tertiary/aromatic N) is 2. The summed E-state index contributed by atoms with van der Waals surface area (Å²) >= 11 is 0. The van der Waals surface area contributed by atoms with Crippen LogP contribution in [0.3, 0.4) is 0 Å². The van der Waals surface area contributed by atoms with E-state index in [1.54, 1.807) is 12.4 Å². The summed E-state index contributed by atoms with van der Waals surface area (Å²) in [6.07, 6.45) is 4.71. The Hall–Kier alpha value is -1.60. The fourth-order valence-corrected chi connectivity index (χ4v) is 2.47. The number of anilines is 1. The van der Waals surface area contributed by atoms with Gasteiger partial charge in [-0.1, -0.05) is 0 Å². The fraction of sp³-hybridized carbons (Fsp3) is 0.692. The minimum atomic E-state index is -0.199. The third-order valence-corrected chi connectivity index (χ3v) is 3.19. The fourth-order valence-electron chi connectivity index (χ4n) is 2.47. The highest BCUT2D eigenvalue weighted by atomic mass is 16.5. The van der Waals surface area contributed by atoms with Crippen molar-refractivity contribution in [2.45, 2.75) is 32.5 Å². The molecule has 0 aromatic carbocycles. The van der Waals surface area contributed by atoms with Crippen molar-refractivity contribution >= 4 is 11.7 Å². The highest BCUT2D eigenvalue weighted by Gasteiger charge is 2.21. The SMILES string of the molecule is C[C@@H]1CN(CCCNC(=O)Nc2cn[nH]c2)C[C@@H](C)O1. The molecule has 7 nitrogen and oxygen atoms in total. The highest BCUT2D eigenvalue weighted by molar-refractivity contribution is 5.88. The first-order valence-electron chi connectivity index (χ1n) is 7.05. The number of carbonyl (C=O) groups excluding carboxylic acids is 1. The van der Waals surface area contributed by atoms with E-state index < -0.39 is 0 Å². The lowest BCUT2D eigenvalue weighted by Crippen LogP contribution is -2.46. The summed E-state index contributed by atoms with van der Waals surface area (Å²) in [7, 11) is 0. The molecule has 0 unspecified atom stereocenters. The molecule has 1 aliphatic heterocycles. The Morgan fingerprint density at radius 1 is 1.50 bits per heavy atom. The normalized spacial score (nSPS) is 23.5. The van der Waals surface area contributed by atoms with Gasteiger partial charge in [0.05, 0.1) is 24.1 Å². The third-order valence-electron chi connectivity index (χ3n) is 3.19. The van der Waals surface area contributed by atoms with E-state index in [2.05, 4.69) is 39.6 Å². The highest BCUT2D eigenvalue weighted by Crippen LogP contribution is 2.10.